The Morgan fingerprint density at radius 3 is 2.80 bits per heavy atom. The molecule has 178 valence electrons. The van der Waals surface area contributed by atoms with Gasteiger partial charge in [-0.2, -0.15) is 0 Å². The zero-order valence-electron chi connectivity index (χ0n) is 19.7. The van der Waals surface area contributed by atoms with Crippen LogP contribution in [0.1, 0.15) is 46.9 Å². The highest BCUT2D eigenvalue weighted by Gasteiger charge is 2.33. The summed E-state index contributed by atoms with van der Waals surface area (Å²) in [5.41, 5.74) is 10.0. The van der Waals surface area contributed by atoms with Gasteiger partial charge in [-0.1, -0.05) is 36.4 Å². The zero-order valence-corrected chi connectivity index (χ0v) is 20.4. The topological polar surface area (TPSA) is 88.2 Å². The van der Waals surface area contributed by atoms with Crippen molar-refractivity contribution in [3.05, 3.63) is 70.3 Å². The van der Waals surface area contributed by atoms with Gasteiger partial charge in [0.15, 0.2) is 0 Å². The molecule has 7 nitrogen and oxygen atoms in total. The Bertz CT molecular complexity index is 1310. The lowest BCUT2D eigenvalue weighted by atomic mass is 10.0. The van der Waals surface area contributed by atoms with Crippen molar-refractivity contribution < 1.29 is 4.79 Å². The van der Waals surface area contributed by atoms with Crippen molar-refractivity contribution in [1.82, 2.24) is 24.8 Å². The quantitative estimate of drug-likeness (QED) is 0.568. The minimum Gasteiger partial charge on any atom is -0.384 e. The number of rotatable bonds is 3. The molecule has 2 aromatic heterocycles. The largest absolute Gasteiger partial charge is 0.384 e. The maximum Gasteiger partial charge on any atom is 0.255 e. The molecule has 1 amide bonds. The van der Waals surface area contributed by atoms with Crippen LogP contribution < -0.4 is 5.73 Å². The summed E-state index contributed by atoms with van der Waals surface area (Å²) in [4.78, 5) is 30.7. The molecule has 0 spiro atoms. The van der Waals surface area contributed by atoms with Gasteiger partial charge in [0.1, 0.15) is 12.1 Å². The highest BCUT2D eigenvalue weighted by Crippen LogP contribution is 2.29. The van der Waals surface area contributed by atoms with Gasteiger partial charge in [-0.05, 0) is 50.1 Å². The Balaban J connectivity index is 1.44. The number of hydrogen-bond donors (Lipinski definition) is 1. The first-order valence-electron chi connectivity index (χ1n) is 11.9. The van der Waals surface area contributed by atoms with Gasteiger partial charge in [0.25, 0.3) is 5.91 Å². The predicted octanol–water partition coefficient (Wildman–Crippen LogP) is 3.66. The second kappa shape index (κ2) is 10.0. The fraction of sp³-hybridized carbons (Fsp3) is 0.333. The second-order valence-corrected chi connectivity index (χ2v) is 9.30. The number of nitrogens with two attached hydrogens (primary N) is 1. The number of benzene rings is 1. The molecule has 2 N–H and O–H groups in total. The normalized spacial score (nSPS) is 17.5. The van der Waals surface area contributed by atoms with Crippen molar-refractivity contribution >= 4 is 23.3 Å². The molecule has 2 aliphatic rings. The summed E-state index contributed by atoms with van der Waals surface area (Å²) < 4.78 is 0. The summed E-state index contributed by atoms with van der Waals surface area (Å²) in [6.07, 6.45) is 6.25. The smallest absolute Gasteiger partial charge is 0.255 e. The van der Waals surface area contributed by atoms with Gasteiger partial charge in [0.05, 0.1) is 27.5 Å². The van der Waals surface area contributed by atoms with E-state index >= 15 is 0 Å². The number of aromatic nitrogens is 3. The Kier molecular flexibility index (Phi) is 6.67. The van der Waals surface area contributed by atoms with Crippen LogP contribution in [0.4, 0.5) is 5.82 Å². The number of halogens is 1. The Labute approximate surface area is 210 Å². The van der Waals surface area contributed by atoms with Gasteiger partial charge in [-0.3, -0.25) is 9.69 Å². The number of nitrogens with zero attached hydrogens (tertiary/aromatic N) is 5. The number of pyridine rings is 1. The molecule has 35 heavy (non-hydrogen) atoms. The van der Waals surface area contributed by atoms with Crippen molar-refractivity contribution in [3.8, 4) is 23.1 Å². The molecule has 0 unspecified atom stereocenters. The van der Waals surface area contributed by atoms with E-state index in [0.29, 0.717) is 34.6 Å². The SMILES string of the molecule is CCc1ncnc(-c2ccc(C(=O)N3CCN4CCC[C@@H]4C3)c(Cl)c2)c1C#Cc1ccc(N)nc1. The van der Waals surface area contributed by atoms with E-state index in [2.05, 4.69) is 31.7 Å². The highest BCUT2D eigenvalue weighted by atomic mass is 35.5. The second-order valence-electron chi connectivity index (χ2n) is 8.90. The van der Waals surface area contributed by atoms with Crippen LogP contribution in [-0.2, 0) is 6.42 Å². The maximum absolute atomic E-state index is 13.3. The first-order valence-corrected chi connectivity index (χ1v) is 12.3. The van der Waals surface area contributed by atoms with E-state index in [1.54, 1.807) is 24.4 Å². The summed E-state index contributed by atoms with van der Waals surface area (Å²) in [7, 11) is 0. The molecule has 2 aliphatic heterocycles. The first-order chi connectivity index (χ1) is 17.0. The van der Waals surface area contributed by atoms with Crippen LogP contribution in [0.3, 0.4) is 0 Å². The number of anilines is 1. The third-order valence-corrected chi connectivity index (χ3v) is 7.04. The molecule has 4 heterocycles. The van der Waals surface area contributed by atoms with Crippen molar-refractivity contribution in [2.24, 2.45) is 0 Å². The third-order valence-electron chi connectivity index (χ3n) is 6.73. The van der Waals surface area contributed by atoms with Crippen molar-refractivity contribution in [2.75, 3.05) is 31.9 Å². The van der Waals surface area contributed by atoms with Crippen LogP contribution in [0.2, 0.25) is 5.02 Å². The minimum absolute atomic E-state index is 0.0131. The summed E-state index contributed by atoms with van der Waals surface area (Å²) in [5.74, 6) is 6.79. The molecule has 2 fully saturated rings. The van der Waals surface area contributed by atoms with Gasteiger partial charge >= 0.3 is 0 Å². The molecule has 0 bridgehead atoms. The van der Waals surface area contributed by atoms with Crippen LogP contribution >= 0.6 is 11.6 Å². The Hall–Kier alpha value is -3.47. The third kappa shape index (κ3) is 4.86. The number of nitrogen functional groups attached to an aromatic ring is 1. The summed E-state index contributed by atoms with van der Waals surface area (Å²) in [6.45, 7) is 5.60. The molecule has 0 radical (unpaired) electrons. The van der Waals surface area contributed by atoms with E-state index in [1.807, 2.05) is 24.0 Å². The van der Waals surface area contributed by atoms with E-state index in [1.165, 1.54) is 12.7 Å². The first kappa shape index (κ1) is 23.3. The van der Waals surface area contributed by atoms with E-state index in [-0.39, 0.29) is 5.91 Å². The van der Waals surface area contributed by atoms with Gasteiger partial charge in [-0.25, -0.2) is 15.0 Å². The monoisotopic (exact) mass is 486 g/mol. The fourth-order valence-corrected chi connectivity index (χ4v) is 5.10. The molecule has 0 saturated carbocycles. The maximum atomic E-state index is 13.3. The van der Waals surface area contributed by atoms with Gasteiger partial charge in [0, 0.05) is 43.0 Å². The van der Waals surface area contributed by atoms with Crippen LogP contribution in [-0.4, -0.2) is 62.9 Å². The molecule has 1 aromatic carbocycles. The van der Waals surface area contributed by atoms with Crippen LogP contribution in [0.15, 0.2) is 42.9 Å². The number of fused-ring (bicyclic) bond motifs is 1. The summed E-state index contributed by atoms with van der Waals surface area (Å²) in [5, 5.41) is 0.416. The molecule has 0 aliphatic carbocycles. The molecule has 3 aromatic rings. The average Bonchev–Trinajstić information content (AvgIpc) is 3.36. The lowest BCUT2D eigenvalue weighted by molar-refractivity contribution is 0.0571. The van der Waals surface area contributed by atoms with Crippen molar-refractivity contribution in [3.63, 3.8) is 0 Å². The number of carbonyl (C=O) groups excluding carboxylic acids is 1. The standard InChI is InChI=1S/C27H27ClN6O/c1-2-24-22(8-5-18-6-10-25(29)30-15-18)26(32-17-31-24)19-7-9-21(23(28)14-19)27(35)34-13-12-33-11-3-4-20(33)16-34/h6-7,9-10,14-15,17,20H,2-4,11-13,16H2,1H3,(H2,29,30)/t20-/m1/s1. The molecule has 8 heteroatoms. The number of amides is 1. The lowest BCUT2D eigenvalue weighted by Crippen LogP contribution is -2.52. The highest BCUT2D eigenvalue weighted by molar-refractivity contribution is 6.34. The Morgan fingerprint density at radius 1 is 1.14 bits per heavy atom. The lowest BCUT2D eigenvalue weighted by Gasteiger charge is -2.37. The fourth-order valence-electron chi connectivity index (χ4n) is 4.84. The molecule has 2 saturated heterocycles. The molecule has 5 rings (SSSR count). The van der Waals surface area contributed by atoms with Gasteiger partial charge in [0.2, 0.25) is 0 Å². The van der Waals surface area contributed by atoms with Crippen molar-refractivity contribution in [2.45, 2.75) is 32.2 Å². The zero-order chi connectivity index (χ0) is 24.4. The van der Waals surface area contributed by atoms with Crippen LogP contribution in [0.5, 0.6) is 0 Å². The molecular weight excluding hydrogens is 460 g/mol. The van der Waals surface area contributed by atoms with E-state index in [9.17, 15) is 4.79 Å². The summed E-state index contributed by atoms with van der Waals surface area (Å²) in [6, 6.07) is 9.51. The van der Waals surface area contributed by atoms with Crippen molar-refractivity contribution in [1.29, 1.82) is 0 Å². The van der Waals surface area contributed by atoms with Gasteiger partial charge in [-0.15, -0.1) is 0 Å². The summed E-state index contributed by atoms with van der Waals surface area (Å²) >= 11 is 6.66. The van der Waals surface area contributed by atoms with Crippen LogP contribution in [0, 0.1) is 11.8 Å². The number of aryl methyl sites for hydroxylation is 1. The molecule has 1 atom stereocenters. The number of hydrogen-bond acceptors (Lipinski definition) is 6. The number of carbonyl (C=O) groups is 1. The molecular formula is C27H27ClN6O. The minimum atomic E-state index is -0.0131. The average molecular weight is 487 g/mol. The van der Waals surface area contributed by atoms with E-state index in [0.717, 1.165) is 55.0 Å². The van der Waals surface area contributed by atoms with E-state index < -0.39 is 0 Å². The Morgan fingerprint density at radius 2 is 2.03 bits per heavy atom. The van der Waals surface area contributed by atoms with Crippen LogP contribution in [0.25, 0.3) is 11.3 Å². The predicted molar refractivity (Wildman–Crippen MR) is 137 cm³/mol. The van der Waals surface area contributed by atoms with Gasteiger partial charge < -0.3 is 10.6 Å². The van der Waals surface area contributed by atoms with E-state index in [4.69, 9.17) is 17.3 Å². The number of piperazine rings is 1.